The molecule has 2 aromatic rings. The van der Waals surface area contributed by atoms with Gasteiger partial charge in [0.05, 0.1) is 19.1 Å². The summed E-state index contributed by atoms with van der Waals surface area (Å²) in [5.74, 6) is 1.52. The summed E-state index contributed by atoms with van der Waals surface area (Å²) >= 11 is 0. The molecule has 0 unspecified atom stereocenters. The third kappa shape index (κ3) is 4.42. The standard InChI is InChI=1S/C20H25N3O4/c1-14-10-17(23(24)25)4-5-20(14)22-8-6-15(7-9-22)21-16-11-18(26-2)13-19(12-16)27-3/h4-5,10-13,15,21H,6-9H2,1-3H3. The summed E-state index contributed by atoms with van der Waals surface area (Å²) in [6.45, 7) is 3.73. The third-order valence-electron chi connectivity index (χ3n) is 4.95. The van der Waals surface area contributed by atoms with Gasteiger partial charge in [0.25, 0.3) is 5.69 Å². The number of nitro benzene ring substituents is 1. The van der Waals surface area contributed by atoms with E-state index in [1.54, 1.807) is 26.4 Å². The van der Waals surface area contributed by atoms with Gasteiger partial charge < -0.3 is 19.7 Å². The van der Waals surface area contributed by atoms with Crippen LogP contribution in [0.2, 0.25) is 0 Å². The van der Waals surface area contributed by atoms with Gasteiger partial charge in [0, 0.05) is 60.8 Å². The van der Waals surface area contributed by atoms with E-state index in [-0.39, 0.29) is 10.6 Å². The lowest BCUT2D eigenvalue weighted by Crippen LogP contribution is -2.39. The highest BCUT2D eigenvalue weighted by Gasteiger charge is 2.21. The number of methoxy groups -OCH3 is 2. The molecule has 2 aromatic carbocycles. The lowest BCUT2D eigenvalue weighted by molar-refractivity contribution is -0.384. The number of piperidine rings is 1. The quantitative estimate of drug-likeness (QED) is 0.611. The predicted octanol–water partition coefficient (Wildman–Crippen LogP) is 4.00. The SMILES string of the molecule is COc1cc(NC2CCN(c3ccc([N+](=O)[O-])cc3C)CC2)cc(OC)c1. The molecule has 1 saturated heterocycles. The van der Waals surface area contributed by atoms with Gasteiger partial charge in [-0.2, -0.15) is 0 Å². The highest BCUT2D eigenvalue weighted by molar-refractivity contribution is 5.58. The Morgan fingerprint density at radius 3 is 2.22 bits per heavy atom. The van der Waals surface area contributed by atoms with Crippen LogP contribution in [0.1, 0.15) is 18.4 Å². The van der Waals surface area contributed by atoms with E-state index in [1.807, 2.05) is 31.2 Å². The van der Waals surface area contributed by atoms with Gasteiger partial charge >= 0.3 is 0 Å². The highest BCUT2D eigenvalue weighted by Crippen LogP contribution is 2.30. The zero-order valence-corrected chi connectivity index (χ0v) is 15.9. The minimum Gasteiger partial charge on any atom is -0.497 e. The van der Waals surface area contributed by atoms with E-state index in [4.69, 9.17) is 9.47 Å². The number of nitro groups is 1. The van der Waals surface area contributed by atoms with Crippen molar-refractivity contribution < 1.29 is 14.4 Å². The lowest BCUT2D eigenvalue weighted by Gasteiger charge is -2.35. The summed E-state index contributed by atoms with van der Waals surface area (Å²) in [4.78, 5) is 12.9. The van der Waals surface area contributed by atoms with E-state index < -0.39 is 0 Å². The molecule has 3 rings (SSSR count). The predicted molar refractivity (Wildman–Crippen MR) is 106 cm³/mol. The Morgan fingerprint density at radius 2 is 1.70 bits per heavy atom. The summed E-state index contributed by atoms with van der Waals surface area (Å²) in [7, 11) is 3.28. The van der Waals surface area contributed by atoms with Crippen LogP contribution in [0.3, 0.4) is 0 Å². The van der Waals surface area contributed by atoms with Crippen molar-refractivity contribution in [2.45, 2.75) is 25.8 Å². The molecule has 1 heterocycles. The van der Waals surface area contributed by atoms with Gasteiger partial charge in [0.15, 0.2) is 0 Å². The van der Waals surface area contributed by atoms with Crippen molar-refractivity contribution in [2.75, 3.05) is 37.5 Å². The Hall–Kier alpha value is -2.96. The van der Waals surface area contributed by atoms with Crippen molar-refractivity contribution in [3.8, 4) is 11.5 Å². The number of benzene rings is 2. The van der Waals surface area contributed by atoms with Crippen LogP contribution in [0, 0.1) is 17.0 Å². The van der Waals surface area contributed by atoms with Crippen molar-refractivity contribution in [3.05, 3.63) is 52.1 Å². The summed E-state index contributed by atoms with van der Waals surface area (Å²) in [5.41, 5.74) is 3.13. The second-order valence-corrected chi connectivity index (χ2v) is 6.73. The van der Waals surface area contributed by atoms with E-state index in [0.29, 0.717) is 6.04 Å². The van der Waals surface area contributed by atoms with Crippen LogP contribution in [0.15, 0.2) is 36.4 Å². The van der Waals surface area contributed by atoms with Crippen molar-refractivity contribution in [3.63, 3.8) is 0 Å². The van der Waals surface area contributed by atoms with Gasteiger partial charge in [-0.25, -0.2) is 0 Å². The molecule has 0 saturated carbocycles. The average Bonchev–Trinajstić information content (AvgIpc) is 2.68. The molecule has 27 heavy (non-hydrogen) atoms. The number of non-ortho nitro benzene ring substituents is 1. The second-order valence-electron chi connectivity index (χ2n) is 6.73. The average molecular weight is 371 g/mol. The molecule has 144 valence electrons. The molecule has 1 aliphatic heterocycles. The van der Waals surface area contributed by atoms with Crippen LogP contribution >= 0.6 is 0 Å². The number of nitrogens with zero attached hydrogens (tertiary/aromatic N) is 2. The van der Waals surface area contributed by atoms with Gasteiger partial charge in [-0.3, -0.25) is 10.1 Å². The summed E-state index contributed by atoms with van der Waals surface area (Å²) in [6, 6.07) is 11.2. The van der Waals surface area contributed by atoms with Gasteiger partial charge in [-0.05, 0) is 31.4 Å². The highest BCUT2D eigenvalue weighted by atomic mass is 16.6. The molecule has 1 aliphatic rings. The summed E-state index contributed by atoms with van der Waals surface area (Å²) < 4.78 is 10.6. The van der Waals surface area contributed by atoms with Gasteiger partial charge in [-0.15, -0.1) is 0 Å². The molecule has 1 N–H and O–H groups in total. The van der Waals surface area contributed by atoms with Crippen LogP contribution in [-0.4, -0.2) is 38.3 Å². The van der Waals surface area contributed by atoms with Crippen LogP contribution in [0.5, 0.6) is 11.5 Å². The minimum absolute atomic E-state index is 0.139. The first-order valence-electron chi connectivity index (χ1n) is 8.99. The smallest absolute Gasteiger partial charge is 0.269 e. The van der Waals surface area contributed by atoms with Crippen LogP contribution < -0.4 is 19.7 Å². The van der Waals surface area contributed by atoms with Crippen LogP contribution in [0.4, 0.5) is 17.1 Å². The molecule has 0 amide bonds. The molecule has 0 atom stereocenters. The maximum Gasteiger partial charge on any atom is 0.269 e. The van der Waals surface area contributed by atoms with E-state index in [2.05, 4.69) is 10.2 Å². The molecule has 1 fully saturated rings. The molecule has 7 heteroatoms. The Morgan fingerprint density at radius 1 is 1.07 bits per heavy atom. The largest absolute Gasteiger partial charge is 0.497 e. The van der Waals surface area contributed by atoms with Gasteiger partial charge in [0.2, 0.25) is 0 Å². The molecule has 7 nitrogen and oxygen atoms in total. The summed E-state index contributed by atoms with van der Waals surface area (Å²) in [5, 5.41) is 14.5. The number of hydrogen-bond donors (Lipinski definition) is 1. The number of ether oxygens (including phenoxy) is 2. The number of rotatable bonds is 6. The zero-order valence-electron chi connectivity index (χ0n) is 15.9. The number of aryl methyl sites for hydroxylation is 1. The first-order valence-corrected chi connectivity index (χ1v) is 8.99. The monoisotopic (exact) mass is 371 g/mol. The van der Waals surface area contributed by atoms with E-state index in [1.165, 1.54) is 0 Å². The number of anilines is 2. The first kappa shape index (κ1) is 18.8. The second kappa shape index (κ2) is 8.16. The van der Waals surface area contributed by atoms with Crippen molar-refractivity contribution in [1.29, 1.82) is 0 Å². The Kier molecular flexibility index (Phi) is 5.69. The number of nitrogens with one attached hydrogen (secondary N) is 1. The van der Waals surface area contributed by atoms with Gasteiger partial charge in [0.1, 0.15) is 11.5 Å². The molecule has 0 bridgehead atoms. The zero-order chi connectivity index (χ0) is 19.4. The van der Waals surface area contributed by atoms with Crippen molar-refractivity contribution in [2.24, 2.45) is 0 Å². The number of hydrogen-bond acceptors (Lipinski definition) is 6. The summed E-state index contributed by atoms with van der Waals surface area (Å²) in [6.07, 6.45) is 1.96. The molecular weight excluding hydrogens is 346 g/mol. The molecule has 0 aromatic heterocycles. The van der Waals surface area contributed by atoms with E-state index in [9.17, 15) is 10.1 Å². The fraction of sp³-hybridized carbons (Fsp3) is 0.400. The molecule has 0 aliphatic carbocycles. The Balaban J connectivity index is 1.63. The third-order valence-corrected chi connectivity index (χ3v) is 4.95. The van der Waals surface area contributed by atoms with Crippen molar-refractivity contribution >= 4 is 17.1 Å². The van der Waals surface area contributed by atoms with Crippen molar-refractivity contribution in [1.82, 2.24) is 0 Å². The van der Waals surface area contributed by atoms with Gasteiger partial charge in [-0.1, -0.05) is 0 Å². The maximum absolute atomic E-state index is 10.9. The maximum atomic E-state index is 10.9. The molecular formula is C20H25N3O4. The fourth-order valence-electron chi connectivity index (χ4n) is 3.50. The molecule has 0 spiro atoms. The fourth-order valence-corrected chi connectivity index (χ4v) is 3.50. The lowest BCUT2D eigenvalue weighted by atomic mass is 10.0. The topological polar surface area (TPSA) is 76.9 Å². The Labute approximate surface area is 159 Å². The minimum atomic E-state index is -0.352. The van der Waals surface area contributed by atoms with Crippen LogP contribution in [0.25, 0.3) is 0 Å². The van der Waals surface area contributed by atoms with E-state index in [0.717, 1.165) is 54.4 Å². The normalized spacial score (nSPS) is 14.7. The van der Waals surface area contributed by atoms with E-state index >= 15 is 0 Å². The Bertz CT molecular complexity index is 795. The molecule has 0 radical (unpaired) electrons. The first-order chi connectivity index (χ1) is 13.0. The van der Waals surface area contributed by atoms with Crippen LogP contribution in [-0.2, 0) is 0 Å².